The summed E-state index contributed by atoms with van der Waals surface area (Å²) in [5, 5.41) is 7.25. The molecule has 0 radical (unpaired) electrons. The third-order valence-corrected chi connectivity index (χ3v) is 7.14. The lowest BCUT2D eigenvalue weighted by molar-refractivity contribution is -0.111. The first kappa shape index (κ1) is 31.4. The first-order chi connectivity index (χ1) is 20.8. The van der Waals surface area contributed by atoms with E-state index >= 15 is 0 Å². The summed E-state index contributed by atoms with van der Waals surface area (Å²) in [7, 11) is 7.63. The first-order valence-corrected chi connectivity index (χ1v) is 14.7. The average Bonchev–Trinajstić information content (AvgIpc) is 3.45. The van der Waals surface area contributed by atoms with Crippen molar-refractivity contribution in [1.29, 1.82) is 0 Å². The van der Waals surface area contributed by atoms with Crippen LogP contribution in [-0.2, 0) is 4.79 Å². The fraction of sp³-hybridized carbons (Fsp3) is 0.364. The van der Waals surface area contributed by atoms with Gasteiger partial charge in [-0.15, -0.1) is 0 Å². The molecule has 0 unspecified atom stereocenters. The quantitative estimate of drug-likeness (QED) is 0.118. The molecule has 0 saturated heterocycles. The molecule has 10 heteroatoms. The second-order valence-corrected chi connectivity index (χ2v) is 10.6. The highest BCUT2D eigenvalue weighted by Crippen LogP contribution is 2.38. The SMILES string of the molecule is C=CC(=O)Nc1cc(Nc2nccc(-n3ccc4c(OCCCCCC)cccc43)n2)c(OC)cc1N(C)CCN(C)C. The number of carbonyl (C=O) groups excluding carboxylic acids is 1. The first-order valence-electron chi connectivity index (χ1n) is 14.7. The van der Waals surface area contributed by atoms with Gasteiger partial charge in [-0.1, -0.05) is 38.8 Å². The van der Waals surface area contributed by atoms with Crippen molar-refractivity contribution in [2.45, 2.75) is 32.6 Å². The maximum absolute atomic E-state index is 12.3. The maximum atomic E-state index is 12.3. The van der Waals surface area contributed by atoms with E-state index in [9.17, 15) is 4.79 Å². The Morgan fingerprint density at radius 2 is 1.88 bits per heavy atom. The van der Waals surface area contributed by atoms with Gasteiger partial charge in [-0.2, -0.15) is 4.98 Å². The molecule has 0 saturated carbocycles. The molecule has 0 atom stereocenters. The van der Waals surface area contributed by atoms with Gasteiger partial charge in [0.25, 0.3) is 0 Å². The van der Waals surface area contributed by atoms with Crippen LogP contribution >= 0.6 is 0 Å². The summed E-state index contributed by atoms with van der Waals surface area (Å²) in [6.45, 7) is 8.10. The van der Waals surface area contributed by atoms with E-state index in [2.05, 4.69) is 51.1 Å². The lowest BCUT2D eigenvalue weighted by atomic mass is 10.2. The smallest absolute Gasteiger partial charge is 0.247 e. The predicted octanol–water partition coefficient (Wildman–Crippen LogP) is 6.25. The second-order valence-electron chi connectivity index (χ2n) is 10.6. The zero-order chi connectivity index (χ0) is 30.8. The Morgan fingerprint density at radius 1 is 1.05 bits per heavy atom. The van der Waals surface area contributed by atoms with Crippen LogP contribution in [0.4, 0.5) is 23.0 Å². The van der Waals surface area contributed by atoms with E-state index < -0.39 is 0 Å². The molecule has 2 aromatic carbocycles. The van der Waals surface area contributed by atoms with Crippen LogP contribution in [0.15, 0.2) is 67.5 Å². The molecule has 0 aliphatic carbocycles. The maximum Gasteiger partial charge on any atom is 0.247 e. The van der Waals surface area contributed by atoms with Crippen molar-refractivity contribution in [2.75, 3.05) is 63.5 Å². The van der Waals surface area contributed by atoms with Crippen LogP contribution in [0.2, 0.25) is 0 Å². The lowest BCUT2D eigenvalue weighted by Crippen LogP contribution is -2.29. The van der Waals surface area contributed by atoms with Gasteiger partial charge in [-0.25, -0.2) is 4.98 Å². The second kappa shape index (κ2) is 15.1. The number of unbranched alkanes of at least 4 members (excludes halogenated alkanes) is 3. The molecule has 0 bridgehead atoms. The van der Waals surface area contributed by atoms with Crippen molar-refractivity contribution < 1.29 is 14.3 Å². The number of likely N-dealkylation sites (N-methyl/N-ethyl adjacent to an activating group) is 2. The highest BCUT2D eigenvalue weighted by Gasteiger charge is 2.17. The Morgan fingerprint density at radius 3 is 2.63 bits per heavy atom. The number of nitrogens with zero attached hydrogens (tertiary/aromatic N) is 5. The van der Waals surface area contributed by atoms with Crippen LogP contribution in [0.5, 0.6) is 11.5 Å². The third-order valence-electron chi connectivity index (χ3n) is 7.14. The minimum atomic E-state index is -0.305. The minimum absolute atomic E-state index is 0.305. The van der Waals surface area contributed by atoms with Gasteiger partial charge in [0, 0.05) is 44.0 Å². The number of nitrogens with one attached hydrogen (secondary N) is 2. The van der Waals surface area contributed by atoms with Crippen LogP contribution in [-0.4, -0.2) is 73.3 Å². The Balaban J connectivity index is 1.62. The fourth-order valence-corrected chi connectivity index (χ4v) is 4.75. The van der Waals surface area contributed by atoms with Crippen LogP contribution in [0.25, 0.3) is 16.7 Å². The summed E-state index contributed by atoms with van der Waals surface area (Å²) < 4.78 is 13.9. The number of methoxy groups -OCH3 is 1. The summed E-state index contributed by atoms with van der Waals surface area (Å²) in [6, 6.07) is 13.7. The highest BCUT2D eigenvalue weighted by atomic mass is 16.5. The Hall–Kier alpha value is -4.57. The summed E-state index contributed by atoms with van der Waals surface area (Å²) >= 11 is 0. The Bertz CT molecular complexity index is 1530. The van der Waals surface area contributed by atoms with Crippen molar-refractivity contribution in [3.63, 3.8) is 0 Å². The molecule has 0 aliphatic rings. The van der Waals surface area contributed by atoms with E-state index in [0.29, 0.717) is 35.5 Å². The molecule has 228 valence electrons. The summed E-state index contributed by atoms with van der Waals surface area (Å²) in [4.78, 5) is 25.7. The lowest BCUT2D eigenvalue weighted by Gasteiger charge is -2.26. The fourth-order valence-electron chi connectivity index (χ4n) is 4.75. The van der Waals surface area contributed by atoms with Crippen LogP contribution in [0.3, 0.4) is 0 Å². The normalized spacial score (nSPS) is 11.0. The molecule has 2 heterocycles. The summed E-state index contributed by atoms with van der Waals surface area (Å²) in [5.41, 5.74) is 3.04. The summed E-state index contributed by atoms with van der Waals surface area (Å²) in [6.07, 6.45) is 9.59. The van der Waals surface area contributed by atoms with Crippen LogP contribution in [0, 0.1) is 0 Å². The van der Waals surface area contributed by atoms with Crippen LogP contribution < -0.4 is 25.0 Å². The van der Waals surface area contributed by atoms with Crippen molar-refractivity contribution in [3.8, 4) is 17.3 Å². The van der Waals surface area contributed by atoms with E-state index in [0.717, 1.165) is 41.9 Å². The molecule has 0 fully saturated rings. The molecule has 0 aliphatic heterocycles. The molecular weight excluding hydrogens is 542 g/mol. The molecule has 2 N–H and O–H groups in total. The highest BCUT2D eigenvalue weighted by molar-refractivity contribution is 6.02. The van der Waals surface area contributed by atoms with E-state index in [1.54, 1.807) is 13.3 Å². The van der Waals surface area contributed by atoms with Gasteiger partial charge in [0.2, 0.25) is 11.9 Å². The van der Waals surface area contributed by atoms with Gasteiger partial charge in [-0.05, 0) is 56.9 Å². The number of benzene rings is 2. The molecule has 4 aromatic rings. The molecule has 0 spiro atoms. The number of carbonyl (C=O) groups is 1. The van der Waals surface area contributed by atoms with Crippen molar-refractivity contribution >= 4 is 39.8 Å². The number of ether oxygens (including phenoxy) is 2. The molecule has 4 rings (SSSR count). The number of rotatable bonds is 16. The largest absolute Gasteiger partial charge is 0.494 e. The van der Waals surface area contributed by atoms with Gasteiger partial charge >= 0.3 is 0 Å². The Labute approximate surface area is 254 Å². The average molecular weight is 586 g/mol. The zero-order valence-electron chi connectivity index (χ0n) is 25.9. The van der Waals surface area contributed by atoms with E-state index in [-0.39, 0.29) is 5.91 Å². The van der Waals surface area contributed by atoms with Crippen molar-refractivity contribution in [1.82, 2.24) is 19.4 Å². The van der Waals surface area contributed by atoms with Crippen molar-refractivity contribution in [3.05, 3.63) is 67.5 Å². The monoisotopic (exact) mass is 585 g/mol. The zero-order valence-corrected chi connectivity index (χ0v) is 25.9. The Kier molecular flexibility index (Phi) is 11.0. The van der Waals surface area contributed by atoms with Crippen LogP contribution in [0.1, 0.15) is 32.6 Å². The number of fused-ring (bicyclic) bond motifs is 1. The minimum Gasteiger partial charge on any atom is -0.494 e. The standard InChI is InChI=1S/C33H43N7O3/c1-7-9-10-11-21-43-29-14-12-13-27-24(29)16-18-40(27)31-15-17-34-33(37-31)36-26-22-25(35-32(41)8-2)28(23-30(26)42-6)39(5)20-19-38(3)4/h8,12-18,22-23H,2,7,9-11,19-21H2,1,3-6H3,(H,35,41)(H,34,36,37). The molecule has 2 aromatic heterocycles. The van der Waals surface area contributed by atoms with Gasteiger partial charge < -0.3 is 34.5 Å². The van der Waals surface area contributed by atoms with Gasteiger partial charge in [0.1, 0.15) is 17.3 Å². The van der Waals surface area contributed by atoms with Gasteiger partial charge in [0.05, 0.1) is 36.3 Å². The van der Waals surface area contributed by atoms with Gasteiger partial charge in [0.15, 0.2) is 0 Å². The number of amides is 1. The number of anilines is 4. The molecule has 10 nitrogen and oxygen atoms in total. The van der Waals surface area contributed by atoms with Crippen molar-refractivity contribution in [2.24, 2.45) is 0 Å². The van der Waals surface area contributed by atoms with E-state index in [4.69, 9.17) is 14.5 Å². The van der Waals surface area contributed by atoms with Gasteiger partial charge in [-0.3, -0.25) is 4.79 Å². The third kappa shape index (κ3) is 8.04. The van der Waals surface area contributed by atoms with E-state index in [1.165, 1.54) is 25.3 Å². The molecule has 1 amide bonds. The number of hydrogen-bond acceptors (Lipinski definition) is 8. The van der Waals surface area contributed by atoms with E-state index in [1.807, 2.05) is 62.2 Å². The number of hydrogen-bond donors (Lipinski definition) is 2. The molecule has 43 heavy (non-hydrogen) atoms. The predicted molar refractivity (Wildman–Crippen MR) is 175 cm³/mol. The topological polar surface area (TPSA) is 96.8 Å². The molecular formula is C33H43N7O3. The number of aromatic nitrogens is 3. The summed E-state index contributed by atoms with van der Waals surface area (Å²) in [5.74, 6) is 2.24.